The minimum atomic E-state index is -0.303. The van der Waals surface area contributed by atoms with E-state index in [2.05, 4.69) is 10.3 Å². The first-order chi connectivity index (χ1) is 10.1. The van der Waals surface area contributed by atoms with Gasteiger partial charge in [0, 0.05) is 38.4 Å². The average Bonchev–Trinajstić information content (AvgIpc) is 2.92. The zero-order valence-electron chi connectivity index (χ0n) is 11.8. The number of rotatable bonds is 3. The van der Waals surface area contributed by atoms with Gasteiger partial charge >= 0.3 is 0 Å². The van der Waals surface area contributed by atoms with Gasteiger partial charge in [-0.15, -0.1) is 0 Å². The van der Waals surface area contributed by atoms with Gasteiger partial charge in [-0.3, -0.25) is 4.79 Å². The van der Waals surface area contributed by atoms with Gasteiger partial charge in [-0.1, -0.05) is 18.2 Å². The maximum atomic E-state index is 13.6. The number of carbonyl (C=O) groups is 1. The number of anilines is 1. The third-order valence-electron chi connectivity index (χ3n) is 3.57. The molecule has 0 atom stereocenters. The molecular formula is C15H17FN4O. The summed E-state index contributed by atoms with van der Waals surface area (Å²) in [6, 6.07) is 6.47. The third kappa shape index (κ3) is 2.74. The van der Waals surface area contributed by atoms with Crippen molar-refractivity contribution in [2.24, 2.45) is 0 Å². The molecule has 1 aliphatic heterocycles. The first-order valence-corrected chi connectivity index (χ1v) is 6.95. The van der Waals surface area contributed by atoms with Gasteiger partial charge in [-0.05, 0) is 12.5 Å². The second-order valence-electron chi connectivity index (χ2n) is 5.18. The van der Waals surface area contributed by atoms with E-state index >= 15 is 0 Å². The molecule has 0 bridgehead atoms. The fourth-order valence-electron chi connectivity index (χ4n) is 2.43. The number of fused-ring (bicyclic) bond motifs is 1. The molecule has 0 fully saturated rings. The van der Waals surface area contributed by atoms with Crippen LogP contribution in [-0.4, -0.2) is 34.0 Å². The van der Waals surface area contributed by atoms with E-state index < -0.39 is 0 Å². The molecule has 3 rings (SSSR count). The van der Waals surface area contributed by atoms with Crippen molar-refractivity contribution < 1.29 is 9.18 Å². The van der Waals surface area contributed by atoms with Crippen LogP contribution in [0.2, 0.25) is 0 Å². The lowest BCUT2D eigenvalue weighted by molar-refractivity contribution is 0.0778. The summed E-state index contributed by atoms with van der Waals surface area (Å²) in [6.07, 6.45) is 2.77. The van der Waals surface area contributed by atoms with Crippen molar-refractivity contribution in [3.63, 3.8) is 0 Å². The molecule has 6 heteroatoms. The molecule has 21 heavy (non-hydrogen) atoms. The highest BCUT2D eigenvalue weighted by molar-refractivity contribution is 5.92. The summed E-state index contributed by atoms with van der Waals surface area (Å²) >= 11 is 0. The molecule has 1 aromatic heterocycles. The summed E-state index contributed by atoms with van der Waals surface area (Å²) in [6.45, 7) is 1.95. The normalized spacial score (nSPS) is 13.4. The van der Waals surface area contributed by atoms with E-state index in [4.69, 9.17) is 0 Å². The first kappa shape index (κ1) is 13.6. The number of amides is 1. The highest BCUT2D eigenvalue weighted by Gasteiger charge is 2.20. The van der Waals surface area contributed by atoms with Gasteiger partial charge in [-0.25, -0.2) is 9.37 Å². The summed E-state index contributed by atoms with van der Waals surface area (Å²) < 4.78 is 15.6. The number of imidazole rings is 1. The van der Waals surface area contributed by atoms with Crippen LogP contribution in [0.4, 0.5) is 10.3 Å². The Labute approximate surface area is 122 Å². The quantitative estimate of drug-likeness (QED) is 0.941. The van der Waals surface area contributed by atoms with Gasteiger partial charge in [0.05, 0.1) is 0 Å². The van der Waals surface area contributed by atoms with E-state index in [1.54, 1.807) is 31.4 Å². The predicted molar refractivity (Wildman–Crippen MR) is 77.5 cm³/mol. The van der Waals surface area contributed by atoms with E-state index in [9.17, 15) is 9.18 Å². The van der Waals surface area contributed by atoms with Crippen LogP contribution in [0.3, 0.4) is 0 Å². The van der Waals surface area contributed by atoms with Crippen LogP contribution in [0.25, 0.3) is 0 Å². The number of benzene rings is 1. The zero-order valence-corrected chi connectivity index (χ0v) is 11.8. The number of aromatic nitrogens is 2. The fraction of sp³-hybridized carbons (Fsp3) is 0.333. The van der Waals surface area contributed by atoms with Crippen LogP contribution in [0.1, 0.15) is 22.5 Å². The predicted octanol–water partition coefficient (Wildman–Crippen LogP) is 2.11. The average molecular weight is 288 g/mol. The molecule has 2 aromatic rings. The van der Waals surface area contributed by atoms with Crippen molar-refractivity contribution in [3.05, 3.63) is 47.5 Å². The first-order valence-electron chi connectivity index (χ1n) is 6.95. The Kier molecular flexibility index (Phi) is 3.60. The molecule has 5 nitrogen and oxygen atoms in total. The Bertz CT molecular complexity index is 644. The minimum Gasteiger partial charge on any atom is -0.356 e. The van der Waals surface area contributed by atoms with Gasteiger partial charge in [0.2, 0.25) is 5.95 Å². The number of nitrogens with one attached hydrogen (secondary N) is 1. The van der Waals surface area contributed by atoms with E-state index in [-0.39, 0.29) is 18.3 Å². The summed E-state index contributed by atoms with van der Waals surface area (Å²) in [7, 11) is 1.65. The van der Waals surface area contributed by atoms with Crippen molar-refractivity contribution in [2.45, 2.75) is 19.5 Å². The molecule has 0 aliphatic carbocycles. The number of hydrogen-bond acceptors (Lipinski definition) is 3. The van der Waals surface area contributed by atoms with E-state index in [0.717, 1.165) is 25.5 Å². The molecule has 0 saturated carbocycles. The van der Waals surface area contributed by atoms with Crippen molar-refractivity contribution in [2.75, 3.05) is 18.9 Å². The lowest BCUT2D eigenvalue weighted by Gasteiger charge is -2.16. The SMILES string of the molecule is CN(Cc1ccccc1F)C(=O)c1cn2c(n1)NCCC2. The molecule has 1 N–H and O–H groups in total. The van der Waals surface area contributed by atoms with Crippen molar-refractivity contribution in [1.82, 2.24) is 14.5 Å². The lowest BCUT2D eigenvalue weighted by Crippen LogP contribution is -2.27. The van der Waals surface area contributed by atoms with Gasteiger partial charge in [-0.2, -0.15) is 0 Å². The Balaban J connectivity index is 1.75. The monoisotopic (exact) mass is 288 g/mol. The molecule has 1 aromatic carbocycles. The van der Waals surface area contributed by atoms with Gasteiger partial charge in [0.1, 0.15) is 11.5 Å². The van der Waals surface area contributed by atoms with Gasteiger partial charge < -0.3 is 14.8 Å². The van der Waals surface area contributed by atoms with Crippen LogP contribution >= 0.6 is 0 Å². The highest BCUT2D eigenvalue weighted by Crippen LogP contribution is 2.16. The molecule has 0 spiro atoms. The topological polar surface area (TPSA) is 50.2 Å². The zero-order chi connectivity index (χ0) is 14.8. The lowest BCUT2D eigenvalue weighted by atomic mass is 10.2. The fourth-order valence-corrected chi connectivity index (χ4v) is 2.43. The largest absolute Gasteiger partial charge is 0.356 e. The summed E-state index contributed by atoms with van der Waals surface area (Å²) in [5.41, 5.74) is 0.883. The van der Waals surface area contributed by atoms with Crippen LogP contribution < -0.4 is 5.32 Å². The van der Waals surface area contributed by atoms with Crippen molar-refractivity contribution >= 4 is 11.9 Å². The van der Waals surface area contributed by atoms with E-state index in [1.807, 2.05) is 4.57 Å². The molecule has 110 valence electrons. The van der Waals surface area contributed by atoms with Crippen LogP contribution in [0, 0.1) is 5.82 Å². The van der Waals surface area contributed by atoms with Gasteiger partial charge in [0.25, 0.3) is 5.91 Å². The van der Waals surface area contributed by atoms with E-state index in [1.165, 1.54) is 11.0 Å². The molecule has 0 saturated heterocycles. The molecular weight excluding hydrogens is 271 g/mol. The maximum absolute atomic E-state index is 13.6. The Morgan fingerprint density at radius 2 is 2.29 bits per heavy atom. The van der Waals surface area contributed by atoms with Crippen LogP contribution in [0.15, 0.2) is 30.5 Å². The van der Waals surface area contributed by atoms with Crippen molar-refractivity contribution in [1.29, 1.82) is 0 Å². The number of carbonyl (C=O) groups excluding carboxylic acids is 1. The standard InChI is InChI=1S/C15H17FN4O/c1-19(9-11-5-2-3-6-12(11)16)14(21)13-10-20-8-4-7-17-15(20)18-13/h2-3,5-6,10H,4,7-9H2,1H3,(H,17,18). The molecule has 2 heterocycles. The highest BCUT2D eigenvalue weighted by atomic mass is 19.1. The Hall–Kier alpha value is -2.37. The molecule has 1 aliphatic rings. The maximum Gasteiger partial charge on any atom is 0.274 e. The third-order valence-corrected chi connectivity index (χ3v) is 3.57. The van der Waals surface area contributed by atoms with Gasteiger partial charge in [0.15, 0.2) is 0 Å². The summed E-state index contributed by atoms with van der Waals surface area (Å²) in [5.74, 6) is 0.216. The van der Waals surface area contributed by atoms with Crippen LogP contribution in [-0.2, 0) is 13.1 Å². The number of aryl methyl sites for hydroxylation is 1. The summed E-state index contributed by atoms with van der Waals surface area (Å²) in [5, 5.41) is 3.16. The Morgan fingerprint density at radius 1 is 1.48 bits per heavy atom. The summed E-state index contributed by atoms with van der Waals surface area (Å²) in [4.78, 5) is 18.2. The Morgan fingerprint density at radius 3 is 3.05 bits per heavy atom. The molecule has 0 radical (unpaired) electrons. The molecule has 1 amide bonds. The minimum absolute atomic E-state index is 0.207. The number of hydrogen-bond donors (Lipinski definition) is 1. The van der Waals surface area contributed by atoms with E-state index in [0.29, 0.717) is 11.3 Å². The second-order valence-corrected chi connectivity index (χ2v) is 5.18. The van der Waals surface area contributed by atoms with Crippen LogP contribution in [0.5, 0.6) is 0 Å². The number of nitrogens with zero attached hydrogens (tertiary/aromatic N) is 3. The smallest absolute Gasteiger partial charge is 0.274 e. The van der Waals surface area contributed by atoms with Crippen molar-refractivity contribution in [3.8, 4) is 0 Å². The number of halogens is 1. The second kappa shape index (κ2) is 5.55. The molecule has 0 unspecified atom stereocenters.